The van der Waals surface area contributed by atoms with Crippen molar-refractivity contribution in [3.63, 3.8) is 0 Å². The van der Waals surface area contributed by atoms with E-state index in [1.807, 2.05) is 6.07 Å². The molecule has 3 rings (SSSR count). The van der Waals surface area contributed by atoms with Gasteiger partial charge in [0.2, 0.25) is 0 Å². The zero-order valence-electron chi connectivity index (χ0n) is 12.2. The minimum absolute atomic E-state index is 0.222. The molecule has 2 aliphatic heterocycles. The van der Waals surface area contributed by atoms with Crippen LogP contribution in [0.5, 0.6) is 0 Å². The van der Waals surface area contributed by atoms with E-state index in [-0.39, 0.29) is 11.8 Å². The van der Waals surface area contributed by atoms with Crippen LogP contribution in [0.4, 0.5) is 5.69 Å². The molecule has 2 aliphatic rings. The highest BCUT2D eigenvalue weighted by molar-refractivity contribution is 6.21. The predicted molar refractivity (Wildman–Crippen MR) is 79.6 cm³/mol. The molecule has 112 valence electrons. The highest BCUT2D eigenvalue weighted by Crippen LogP contribution is 2.25. The summed E-state index contributed by atoms with van der Waals surface area (Å²) in [4.78, 5) is 24.9. The SMILES string of the molecule is CN1C(=O)c2ccc(NCCCC3CCCO3)cc2C1=O. The van der Waals surface area contributed by atoms with Crippen LogP contribution in [0.1, 0.15) is 46.4 Å². The van der Waals surface area contributed by atoms with Gasteiger partial charge in [0.15, 0.2) is 0 Å². The first-order valence-corrected chi connectivity index (χ1v) is 7.49. The first kappa shape index (κ1) is 14.1. The lowest BCUT2D eigenvalue weighted by molar-refractivity contribution is 0.0693. The maximum absolute atomic E-state index is 11.9. The molecule has 21 heavy (non-hydrogen) atoms. The van der Waals surface area contributed by atoms with Crippen molar-refractivity contribution >= 4 is 17.5 Å². The summed E-state index contributed by atoms with van der Waals surface area (Å²) in [5.41, 5.74) is 1.87. The largest absolute Gasteiger partial charge is 0.385 e. The third-order valence-corrected chi connectivity index (χ3v) is 4.15. The lowest BCUT2D eigenvalue weighted by atomic mass is 10.1. The molecular weight excluding hydrogens is 268 g/mol. The van der Waals surface area contributed by atoms with Gasteiger partial charge in [-0.15, -0.1) is 0 Å². The van der Waals surface area contributed by atoms with Gasteiger partial charge in [-0.1, -0.05) is 0 Å². The lowest BCUT2D eigenvalue weighted by Crippen LogP contribution is -2.24. The van der Waals surface area contributed by atoms with Gasteiger partial charge in [-0.3, -0.25) is 14.5 Å². The van der Waals surface area contributed by atoms with Crippen LogP contribution in [0.3, 0.4) is 0 Å². The van der Waals surface area contributed by atoms with E-state index in [1.54, 1.807) is 12.1 Å². The van der Waals surface area contributed by atoms with Crippen molar-refractivity contribution in [2.24, 2.45) is 0 Å². The molecule has 0 aromatic heterocycles. The van der Waals surface area contributed by atoms with Gasteiger partial charge in [-0.25, -0.2) is 0 Å². The van der Waals surface area contributed by atoms with Crippen LogP contribution >= 0.6 is 0 Å². The topological polar surface area (TPSA) is 58.6 Å². The van der Waals surface area contributed by atoms with Gasteiger partial charge < -0.3 is 10.1 Å². The van der Waals surface area contributed by atoms with E-state index in [9.17, 15) is 9.59 Å². The average molecular weight is 288 g/mol. The number of fused-ring (bicyclic) bond motifs is 1. The molecule has 1 N–H and O–H groups in total. The third kappa shape index (κ3) is 2.78. The van der Waals surface area contributed by atoms with E-state index in [1.165, 1.54) is 19.9 Å². The summed E-state index contributed by atoms with van der Waals surface area (Å²) in [6.07, 6.45) is 4.86. The Bertz CT molecular complexity index is 565. The van der Waals surface area contributed by atoms with E-state index in [2.05, 4.69) is 5.32 Å². The summed E-state index contributed by atoms with van der Waals surface area (Å²) < 4.78 is 5.59. The normalized spacial score (nSPS) is 21.0. The Kier molecular flexibility index (Phi) is 3.92. The summed E-state index contributed by atoms with van der Waals surface area (Å²) in [6, 6.07) is 5.35. The second-order valence-electron chi connectivity index (χ2n) is 5.63. The van der Waals surface area contributed by atoms with Gasteiger partial charge >= 0.3 is 0 Å². The van der Waals surface area contributed by atoms with E-state index in [0.717, 1.165) is 36.6 Å². The molecule has 1 atom stereocenters. The molecule has 0 aliphatic carbocycles. The first-order chi connectivity index (χ1) is 10.2. The molecular formula is C16H20N2O3. The molecule has 2 heterocycles. The molecule has 0 saturated carbocycles. The summed E-state index contributed by atoms with van der Waals surface area (Å²) in [5, 5.41) is 3.31. The molecule has 5 nitrogen and oxygen atoms in total. The van der Waals surface area contributed by atoms with Crippen molar-refractivity contribution in [2.45, 2.75) is 31.8 Å². The third-order valence-electron chi connectivity index (χ3n) is 4.15. The van der Waals surface area contributed by atoms with Crippen LogP contribution in [0.25, 0.3) is 0 Å². The van der Waals surface area contributed by atoms with Crippen molar-refractivity contribution in [1.82, 2.24) is 4.90 Å². The molecule has 1 aromatic rings. The number of ether oxygens (including phenoxy) is 1. The molecule has 1 fully saturated rings. The smallest absolute Gasteiger partial charge is 0.261 e. The number of benzene rings is 1. The molecule has 1 unspecified atom stereocenters. The lowest BCUT2D eigenvalue weighted by Gasteiger charge is -2.10. The van der Waals surface area contributed by atoms with Gasteiger partial charge in [-0.2, -0.15) is 0 Å². The fourth-order valence-electron chi connectivity index (χ4n) is 2.91. The quantitative estimate of drug-likeness (QED) is 0.667. The first-order valence-electron chi connectivity index (χ1n) is 7.49. The zero-order chi connectivity index (χ0) is 14.8. The number of anilines is 1. The van der Waals surface area contributed by atoms with Crippen LogP contribution in [0.2, 0.25) is 0 Å². The van der Waals surface area contributed by atoms with Crippen LogP contribution < -0.4 is 5.32 Å². The Morgan fingerprint density at radius 2 is 2.10 bits per heavy atom. The molecule has 0 spiro atoms. The number of hydrogen-bond acceptors (Lipinski definition) is 4. The molecule has 5 heteroatoms. The number of amides is 2. The minimum atomic E-state index is -0.224. The van der Waals surface area contributed by atoms with Crippen molar-refractivity contribution in [3.8, 4) is 0 Å². The Morgan fingerprint density at radius 3 is 2.86 bits per heavy atom. The van der Waals surface area contributed by atoms with Crippen molar-refractivity contribution in [1.29, 1.82) is 0 Å². The average Bonchev–Trinajstić information content (AvgIpc) is 3.08. The van der Waals surface area contributed by atoms with E-state index in [0.29, 0.717) is 17.2 Å². The number of nitrogens with one attached hydrogen (secondary N) is 1. The van der Waals surface area contributed by atoms with Gasteiger partial charge in [-0.05, 0) is 43.9 Å². The van der Waals surface area contributed by atoms with Crippen LogP contribution in [-0.4, -0.2) is 43.0 Å². The van der Waals surface area contributed by atoms with Crippen molar-refractivity contribution in [2.75, 3.05) is 25.5 Å². The van der Waals surface area contributed by atoms with Gasteiger partial charge in [0, 0.05) is 25.9 Å². The summed E-state index contributed by atoms with van der Waals surface area (Å²) in [6.45, 7) is 1.74. The van der Waals surface area contributed by atoms with Crippen LogP contribution in [-0.2, 0) is 4.74 Å². The van der Waals surface area contributed by atoms with Gasteiger partial charge in [0.25, 0.3) is 11.8 Å². The van der Waals surface area contributed by atoms with Gasteiger partial charge in [0.05, 0.1) is 17.2 Å². The van der Waals surface area contributed by atoms with Crippen LogP contribution in [0, 0.1) is 0 Å². The van der Waals surface area contributed by atoms with E-state index < -0.39 is 0 Å². The molecule has 1 aromatic carbocycles. The standard InChI is InChI=1S/C16H20N2O3/c1-18-15(19)13-7-6-11(10-14(13)16(18)20)17-8-2-4-12-5-3-9-21-12/h6-7,10,12,17H,2-5,8-9H2,1H3. The second kappa shape index (κ2) is 5.85. The van der Waals surface area contributed by atoms with E-state index in [4.69, 9.17) is 4.74 Å². The number of hydrogen-bond donors (Lipinski definition) is 1. The summed E-state index contributed by atoms with van der Waals surface area (Å²) >= 11 is 0. The summed E-state index contributed by atoms with van der Waals surface area (Å²) in [7, 11) is 1.51. The second-order valence-corrected chi connectivity index (χ2v) is 5.63. The Balaban J connectivity index is 1.55. The van der Waals surface area contributed by atoms with Crippen molar-refractivity contribution < 1.29 is 14.3 Å². The Hall–Kier alpha value is -1.88. The fourth-order valence-corrected chi connectivity index (χ4v) is 2.91. The number of carbonyl (C=O) groups excluding carboxylic acids is 2. The Labute approximate surface area is 124 Å². The minimum Gasteiger partial charge on any atom is -0.385 e. The predicted octanol–water partition coefficient (Wildman–Crippen LogP) is 2.28. The highest BCUT2D eigenvalue weighted by atomic mass is 16.5. The maximum atomic E-state index is 11.9. The molecule has 0 radical (unpaired) electrons. The molecule has 1 saturated heterocycles. The molecule has 0 bridgehead atoms. The number of nitrogens with zero attached hydrogens (tertiary/aromatic N) is 1. The maximum Gasteiger partial charge on any atom is 0.261 e. The summed E-state index contributed by atoms with van der Waals surface area (Å²) in [5.74, 6) is -0.446. The van der Waals surface area contributed by atoms with Crippen molar-refractivity contribution in [3.05, 3.63) is 29.3 Å². The molecule has 2 amide bonds. The highest BCUT2D eigenvalue weighted by Gasteiger charge is 2.32. The zero-order valence-corrected chi connectivity index (χ0v) is 12.2. The Morgan fingerprint density at radius 1 is 1.29 bits per heavy atom. The fraction of sp³-hybridized carbons (Fsp3) is 0.500. The van der Waals surface area contributed by atoms with Gasteiger partial charge in [0.1, 0.15) is 0 Å². The number of carbonyl (C=O) groups is 2. The van der Waals surface area contributed by atoms with Crippen LogP contribution in [0.15, 0.2) is 18.2 Å². The number of imide groups is 1. The number of rotatable bonds is 5. The van der Waals surface area contributed by atoms with E-state index >= 15 is 0 Å². The monoisotopic (exact) mass is 288 g/mol.